The lowest BCUT2D eigenvalue weighted by atomic mass is 10.2. The van der Waals surface area contributed by atoms with E-state index in [-0.39, 0.29) is 5.69 Å². The zero-order chi connectivity index (χ0) is 19.3. The van der Waals surface area contributed by atoms with Gasteiger partial charge in [0.25, 0.3) is 5.91 Å². The van der Waals surface area contributed by atoms with Crippen LogP contribution in [-0.2, 0) is 0 Å². The molecule has 28 heavy (non-hydrogen) atoms. The minimum atomic E-state index is -0.569. The van der Waals surface area contributed by atoms with Crippen LogP contribution in [0.25, 0.3) is 11.5 Å². The Morgan fingerprint density at radius 3 is 2.64 bits per heavy atom. The molecule has 0 atom stereocenters. The molecule has 138 valence electrons. The predicted octanol–water partition coefficient (Wildman–Crippen LogP) is 2.45. The van der Waals surface area contributed by atoms with Crippen molar-refractivity contribution in [3.63, 3.8) is 0 Å². The SMILES string of the molecule is O=C(On1cc(NC(=O)c2coc(-c3ccncc3)n2)cn1)c1ccccc1. The molecule has 4 rings (SSSR count). The van der Waals surface area contributed by atoms with E-state index in [0.717, 1.165) is 4.85 Å². The second-order valence-electron chi connectivity index (χ2n) is 5.60. The number of hydrogen-bond acceptors (Lipinski definition) is 7. The maximum absolute atomic E-state index is 12.3. The molecule has 3 aromatic heterocycles. The molecule has 0 unspecified atom stereocenters. The fraction of sp³-hybridized carbons (Fsp3) is 0. The van der Waals surface area contributed by atoms with Crippen molar-refractivity contribution in [3.05, 3.63) is 84.8 Å². The van der Waals surface area contributed by atoms with Crippen LogP contribution in [0.5, 0.6) is 0 Å². The maximum atomic E-state index is 12.3. The van der Waals surface area contributed by atoms with E-state index in [1.54, 1.807) is 54.9 Å². The highest BCUT2D eigenvalue weighted by Crippen LogP contribution is 2.18. The van der Waals surface area contributed by atoms with E-state index in [4.69, 9.17) is 9.25 Å². The number of carbonyl (C=O) groups excluding carboxylic acids is 2. The Labute approximate surface area is 158 Å². The second kappa shape index (κ2) is 7.54. The minimum absolute atomic E-state index is 0.0980. The third kappa shape index (κ3) is 3.78. The predicted molar refractivity (Wildman–Crippen MR) is 97.3 cm³/mol. The van der Waals surface area contributed by atoms with Crippen molar-refractivity contribution >= 4 is 17.6 Å². The Morgan fingerprint density at radius 2 is 1.86 bits per heavy atom. The molecule has 4 aromatic rings. The van der Waals surface area contributed by atoms with E-state index in [1.807, 2.05) is 0 Å². The van der Waals surface area contributed by atoms with Crippen LogP contribution in [0.1, 0.15) is 20.8 Å². The number of rotatable bonds is 5. The van der Waals surface area contributed by atoms with Crippen molar-refractivity contribution in [2.45, 2.75) is 0 Å². The highest BCUT2D eigenvalue weighted by atomic mass is 16.7. The van der Waals surface area contributed by atoms with Crippen molar-refractivity contribution in [3.8, 4) is 11.5 Å². The van der Waals surface area contributed by atoms with Crippen molar-refractivity contribution in [1.82, 2.24) is 19.9 Å². The Kier molecular flexibility index (Phi) is 4.62. The van der Waals surface area contributed by atoms with E-state index in [9.17, 15) is 9.59 Å². The van der Waals surface area contributed by atoms with Crippen molar-refractivity contribution in [2.75, 3.05) is 5.32 Å². The molecule has 0 saturated heterocycles. The van der Waals surface area contributed by atoms with Crippen molar-refractivity contribution in [2.24, 2.45) is 0 Å². The summed E-state index contributed by atoms with van der Waals surface area (Å²) in [6.07, 6.45) is 7.17. The van der Waals surface area contributed by atoms with Gasteiger partial charge in [-0.15, -0.1) is 5.10 Å². The van der Waals surface area contributed by atoms with E-state index in [1.165, 1.54) is 18.7 Å². The first-order valence-electron chi connectivity index (χ1n) is 8.19. The van der Waals surface area contributed by atoms with Crippen LogP contribution in [0.2, 0.25) is 0 Å². The Hall–Kier alpha value is -4.27. The third-order valence-electron chi connectivity index (χ3n) is 3.67. The Bertz CT molecular complexity index is 1110. The van der Waals surface area contributed by atoms with Gasteiger partial charge in [-0.3, -0.25) is 9.78 Å². The van der Waals surface area contributed by atoms with Gasteiger partial charge in [0.15, 0.2) is 5.69 Å². The fourth-order valence-corrected chi connectivity index (χ4v) is 2.33. The van der Waals surface area contributed by atoms with Crippen LogP contribution < -0.4 is 10.2 Å². The summed E-state index contributed by atoms with van der Waals surface area (Å²) in [4.78, 5) is 38.5. The number of carbonyl (C=O) groups is 2. The average molecular weight is 375 g/mol. The van der Waals surface area contributed by atoms with Crippen LogP contribution in [0.15, 0.2) is 77.9 Å². The van der Waals surface area contributed by atoms with Crippen LogP contribution in [-0.4, -0.2) is 31.8 Å². The van der Waals surface area contributed by atoms with Gasteiger partial charge in [0.1, 0.15) is 6.26 Å². The number of aromatic nitrogens is 4. The molecular weight excluding hydrogens is 362 g/mol. The molecule has 0 aliphatic rings. The molecule has 9 nitrogen and oxygen atoms in total. The summed E-state index contributed by atoms with van der Waals surface area (Å²) in [6.45, 7) is 0. The topological polar surface area (TPSA) is 112 Å². The lowest BCUT2D eigenvalue weighted by Crippen LogP contribution is -2.20. The molecule has 0 saturated carbocycles. The van der Waals surface area contributed by atoms with E-state index in [2.05, 4.69) is 20.4 Å². The number of nitrogens with zero attached hydrogens (tertiary/aromatic N) is 4. The molecule has 0 bridgehead atoms. The minimum Gasteiger partial charge on any atom is -0.444 e. The van der Waals surface area contributed by atoms with Gasteiger partial charge >= 0.3 is 5.97 Å². The second-order valence-corrected chi connectivity index (χ2v) is 5.60. The highest BCUT2D eigenvalue weighted by Gasteiger charge is 2.15. The zero-order valence-corrected chi connectivity index (χ0v) is 14.4. The number of pyridine rings is 1. The Balaban J connectivity index is 1.41. The number of hydrogen-bond donors (Lipinski definition) is 1. The lowest BCUT2D eigenvalue weighted by Gasteiger charge is -2.02. The summed E-state index contributed by atoms with van der Waals surface area (Å²) in [6, 6.07) is 11.9. The number of amides is 1. The van der Waals surface area contributed by atoms with E-state index >= 15 is 0 Å². The summed E-state index contributed by atoms with van der Waals surface area (Å²) < 4.78 is 5.33. The van der Waals surface area contributed by atoms with Gasteiger partial charge in [-0.25, -0.2) is 9.78 Å². The van der Waals surface area contributed by atoms with E-state index < -0.39 is 11.9 Å². The lowest BCUT2D eigenvalue weighted by molar-refractivity contribution is 0.0395. The average Bonchev–Trinajstić information content (AvgIpc) is 3.39. The zero-order valence-electron chi connectivity index (χ0n) is 14.4. The standard InChI is InChI=1S/C19H13N5O4/c25-17(16-12-27-18(23-16)13-6-8-20-9-7-13)22-15-10-21-24(11-15)28-19(26)14-4-2-1-3-5-14/h1-12H,(H,22,25). The molecule has 1 N–H and O–H groups in total. The largest absolute Gasteiger partial charge is 0.444 e. The highest BCUT2D eigenvalue weighted by molar-refractivity contribution is 6.02. The van der Waals surface area contributed by atoms with Crippen LogP contribution >= 0.6 is 0 Å². The number of anilines is 1. The molecular formula is C19H13N5O4. The fourth-order valence-electron chi connectivity index (χ4n) is 2.33. The monoisotopic (exact) mass is 375 g/mol. The normalized spacial score (nSPS) is 10.4. The molecule has 0 aliphatic carbocycles. The van der Waals surface area contributed by atoms with Gasteiger partial charge in [0, 0.05) is 18.0 Å². The molecule has 1 amide bonds. The van der Waals surface area contributed by atoms with Crippen LogP contribution in [0, 0.1) is 0 Å². The first-order valence-corrected chi connectivity index (χ1v) is 8.19. The molecule has 0 fully saturated rings. The smallest absolute Gasteiger partial charge is 0.365 e. The van der Waals surface area contributed by atoms with Gasteiger partial charge in [0.05, 0.1) is 23.6 Å². The van der Waals surface area contributed by atoms with Crippen LogP contribution in [0.4, 0.5) is 5.69 Å². The van der Waals surface area contributed by atoms with Gasteiger partial charge in [0.2, 0.25) is 5.89 Å². The number of oxazole rings is 1. The van der Waals surface area contributed by atoms with Gasteiger partial charge in [-0.2, -0.15) is 0 Å². The molecule has 3 heterocycles. The summed E-state index contributed by atoms with van der Waals surface area (Å²) >= 11 is 0. The first kappa shape index (κ1) is 17.2. The summed E-state index contributed by atoms with van der Waals surface area (Å²) in [5.74, 6) is -0.752. The van der Waals surface area contributed by atoms with Gasteiger partial charge in [-0.05, 0) is 24.3 Å². The van der Waals surface area contributed by atoms with Gasteiger partial charge in [-0.1, -0.05) is 23.0 Å². The Morgan fingerprint density at radius 1 is 1.07 bits per heavy atom. The maximum Gasteiger partial charge on any atom is 0.365 e. The molecule has 0 aliphatic heterocycles. The number of benzene rings is 1. The summed E-state index contributed by atoms with van der Waals surface area (Å²) in [7, 11) is 0. The third-order valence-corrected chi connectivity index (χ3v) is 3.67. The molecule has 0 spiro atoms. The van der Waals surface area contributed by atoms with Crippen LogP contribution in [0.3, 0.4) is 0 Å². The van der Waals surface area contributed by atoms with Crippen molar-refractivity contribution in [1.29, 1.82) is 0 Å². The molecule has 9 heteroatoms. The molecule has 1 aromatic carbocycles. The summed E-state index contributed by atoms with van der Waals surface area (Å²) in [5, 5.41) is 6.50. The quantitative estimate of drug-likeness (QED) is 0.570. The van der Waals surface area contributed by atoms with Crippen molar-refractivity contribution < 1.29 is 18.8 Å². The molecule has 0 radical (unpaired) electrons. The van der Waals surface area contributed by atoms with E-state index in [0.29, 0.717) is 22.7 Å². The summed E-state index contributed by atoms with van der Waals surface area (Å²) in [5.41, 5.74) is 1.52. The van der Waals surface area contributed by atoms with Gasteiger partial charge < -0.3 is 14.6 Å². The first-order chi connectivity index (χ1) is 13.7. The number of nitrogens with one attached hydrogen (secondary N) is 1.